The lowest BCUT2D eigenvalue weighted by Crippen LogP contribution is -2.42. The Balaban J connectivity index is 1.99. The maximum absolute atomic E-state index is 12.2. The second-order valence-corrected chi connectivity index (χ2v) is 8.06. The van der Waals surface area contributed by atoms with Crippen molar-refractivity contribution in [3.63, 3.8) is 0 Å². The van der Waals surface area contributed by atoms with Crippen LogP contribution in [0.4, 0.5) is 0 Å². The first-order chi connectivity index (χ1) is 10.5. The molecular formula is C16H24N2O3S. The summed E-state index contributed by atoms with van der Waals surface area (Å²) >= 11 is 0. The summed E-state index contributed by atoms with van der Waals surface area (Å²) in [5.74, 6) is 0.0405. The van der Waals surface area contributed by atoms with Crippen molar-refractivity contribution in [1.82, 2.24) is 10.2 Å². The first kappa shape index (κ1) is 17.0. The van der Waals surface area contributed by atoms with Gasteiger partial charge in [-0.15, -0.1) is 0 Å². The number of carbonyl (C=O) groups is 1. The van der Waals surface area contributed by atoms with Crippen LogP contribution in [0.25, 0.3) is 0 Å². The minimum absolute atomic E-state index is 0.00963. The third kappa shape index (κ3) is 5.42. The molecule has 1 fully saturated rings. The first-order valence-corrected chi connectivity index (χ1v) is 9.75. The van der Waals surface area contributed by atoms with E-state index in [0.29, 0.717) is 0 Å². The minimum atomic E-state index is -3.13. The van der Waals surface area contributed by atoms with Crippen LogP contribution in [0.2, 0.25) is 0 Å². The Bertz CT molecular complexity index is 581. The van der Waals surface area contributed by atoms with Crippen molar-refractivity contribution >= 4 is 15.7 Å². The Morgan fingerprint density at radius 1 is 1.18 bits per heavy atom. The van der Waals surface area contributed by atoms with Crippen LogP contribution in [-0.2, 0) is 14.6 Å². The van der Waals surface area contributed by atoms with E-state index >= 15 is 0 Å². The van der Waals surface area contributed by atoms with Gasteiger partial charge in [-0.3, -0.25) is 4.79 Å². The highest BCUT2D eigenvalue weighted by Crippen LogP contribution is 2.15. The fourth-order valence-electron chi connectivity index (χ4n) is 2.73. The molecule has 1 aliphatic rings. The molecule has 2 rings (SSSR count). The number of rotatable bonds is 6. The van der Waals surface area contributed by atoms with Gasteiger partial charge in [0, 0.05) is 25.4 Å². The number of hydrogen-bond acceptors (Lipinski definition) is 4. The zero-order valence-corrected chi connectivity index (χ0v) is 13.8. The molecule has 122 valence electrons. The number of piperidine rings is 1. The van der Waals surface area contributed by atoms with E-state index in [1.54, 1.807) is 0 Å². The average molecular weight is 324 g/mol. The highest BCUT2D eigenvalue weighted by Gasteiger charge is 2.21. The standard InChI is InChI=1S/C16H24N2O3S/c1-22(20,21)13-15(14-8-4-2-5-9-14)17-12-16(19)18-10-6-3-7-11-18/h2,4-5,8-9,15,17H,3,6-7,10-13H2,1H3/t15-/m1/s1. The summed E-state index contributed by atoms with van der Waals surface area (Å²) in [5.41, 5.74) is 0.888. The van der Waals surface area contributed by atoms with Gasteiger partial charge in [0.05, 0.1) is 12.3 Å². The number of nitrogens with zero attached hydrogens (tertiary/aromatic N) is 1. The van der Waals surface area contributed by atoms with Gasteiger partial charge in [0.15, 0.2) is 0 Å². The molecule has 6 heteroatoms. The van der Waals surface area contributed by atoms with Crippen LogP contribution in [0.15, 0.2) is 30.3 Å². The number of benzene rings is 1. The van der Waals surface area contributed by atoms with Crippen LogP contribution in [0, 0.1) is 0 Å². The molecule has 22 heavy (non-hydrogen) atoms. The van der Waals surface area contributed by atoms with Gasteiger partial charge in [0.2, 0.25) is 5.91 Å². The summed E-state index contributed by atoms with van der Waals surface area (Å²) in [5, 5.41) is 3.12. The van der Waals surface area contributed by atoms with Crippen molar-refractivity contribution in [2.24, 2.45) is 0 Å². The monoisotopic (exact) mass is 324 g/mol. The SMILES string of the molecule is CS(=O)(=O)C[C@@H](NCC(=O)N1CCCCC1)c1ccccc1. The van der Waals surface area contributed by atoms with Gasteiger partial charge in [0.25, 0.3) is 0 Å². The normalized spacial score (nSPS) is 17.2. The van der Waals surface area contributed by atoms with Crippen molar-refractivity contribution < 1.29 is 13.2 Å². The van der Waals surface area contributed by atoms with Crippen LogP contribution in [0.3, 0.4) is 0 Å². The summed E-state index contributed by atoms with van der Waals surface area (Å²) in [6.45, 7) is 1.79. The third-order valence-corrected chi connectivity index (χ3v) is 4.82. The molecule has 1 atom stereocenters. The first-order valence-electron chi connectivity index (χ1n) is 7.69. The van der Waals surface area contributed by atoms with Crippen molar-refractivity contribution in [2.45, 2.75) is 25.3 Å². The van der Waals surface area contributed by atoms with E-state index in [4.69, 9.17) is 0 Å². The van der Waals surface area contributed by atoms with Crippen LogP contribution < -0.4 is 5.32 Å². The van der Waals surface area contributed by atoms with Crippen LogP contribution >= 0.6 is 0 Å². The van der Waals surface area contributed by atoms with Crippen LogP contribution in [0.5, 0.6) is 0 Å². The predicted molar refractivity (Wildman–Crippen MR) is 87.3 cm³/mol. The maximum atomic E-state index is 12.2. The summed E-state index contributed by atoms with van der Waals surface area (Å²) in [6, 6.07) is 9.05. The van der Waals surface area contributed by atoms with E-state index in [0.717, 1.165) is 31.5 Å². The van der Waals surface area contributed by atoms with Crippen molar-refractivity contribution in [3.05, 3.63) is 35.9 Å². The third-order valence-electron chi connectivity index (χ3n) is 3.88. The lowest BCUT2D eigenvalue weighted by atomic mass is 10.1. The second kappa shape index (κ2) is 7.74. The molecule has 1 aliphatic heterocycles. The molecule has 0 unspecified atom stereocenters. The quantitative estimate of drug-likeness (QED) is 0.858. The number of likely N-dealkylation sites (tertiary alicyclic amines) is 1. The number of sulfone groups is 1. The molecule has 1 aromatic rings. The Labute approximate surface area is 132 Å². The van der Waals surface area contributed by atoms with Gasteiger partial charge < -0.3 is 10.2 Å². The van der Waals surface area contributed by atoms with Gasteiger partial charge in [-0.25, -0.2) is 8.42 Å². The van der Waals surface area contributed by atoms with Gasteiger partial charge in [-0.1, -0.05) is 30.3 Å². The molecule has 0 aromatic heterocycles. The Hall–Kier alpha value is -1.40. The highest BCUT2D eigenvalue weighted by atomic mass is 32.2. The van der Waals surface area contributed by atoms with E-state index in [2.05, 4.69) is 5.32 Å². The molecule has 0 radical (unpaired) electrons. The summed E-state index contributed by atoms with van der Waals surface area (Å²) in [4.78, 5) is 14.1. The topological polar surface area (TPSA) is 66.5 Å². The van der Waals surface area contributed by atoms with E-state index in [9.17, 15) is 13.2 Å². The summed E-state index contributed by atoms with van der Waals surface area (Å²) in [6.07, 6.45) is 4.50. The zero-order valence-electron chi connectivity index (χ0n) is 13.0. The van der Waals surface area contributed by atoms with Crippen molar-refractivity contribution in [1.29, 1.82) is 0 Å². The molecular weight excluding hydrogens is 300 g/mol. The van der Waals surface area contributed by atoms with Crippen LogP contribution in [0.1, 0.15) is 30.9 Å². The van der Waals surface area contributed by atoms with Crippen molar-refractivity contribution in [3.8, 4) is 0 Å². The Morgan fingerprint density at radius 3 is 2.41 bits per heavy atom. The maximum Gasteiger partial charge on any atom is 0.236 e. The zero-order chi connectivity index (χ0) is 16.0. The fraction of sp³-hybridized carbons (Fsp3) is 0.562. The molecule has 0 saturated carbocycles. The van der Waals surface area contributed by atoms with Gasteiger partial charge in [0.1, 0.15) is 9.84 Å². The molecule has 0 aliphatic carbocycles. The van der Waals surface area contributed by atoms with Gasteiger partial charge in [-0.05, 0) is 24.8 Å². The molecule has 0 spiro atoms. The molecule has 1 aromatic carbocycles. The molecule has 1 saturated heterocycles. The minimum Gasteiger partial charge on any atom is -0.342 e. The van der Waals surface area contributed by atoms with Gasteiger partial charge >= 0.3 is 0 Å². The molecule has 0 bridgehead atoms. The second-order valence-electron chi connectivity index (χ2n) is 5.88. The fourth-order valence-corrected chi connectivity index (χ4v) is 3.64. The summed E-state index contributed by atoms with van der Waals surface area (Å²) in [7, 11) is -3.13. The number of carbonyl (C=O) groups excluding carboxylic acids is 1. The lowest BCUT2D eigenvalue weighted by molar-refractivity contribution is -0.131. The van der Waals surface area contributed by atoms with E-state index in [-0.39, 0.29) is 24.2 Å². The smallest absolute Gasteiger partial charge is 0.236 e. The average Bonchev–Trinajstić information content (AvgIpc) is 2.52. The predicted octanol–water partition coefficient (Wildman–Crippen LogP) is 1.37. The number of hydrogen-bond donors (Lipinski definition) is 1. The molecule has 1 amide bonds. The van der Waals surface area contributed by atoms with E-state index in [1.165, 1.54) is 12.7 Å². The highest BCUT2D eigenvalue weighted by molar-refractivity contribution is 7.90. The summed E-state index contributed by atoms with van der Waals surface area (Å²) < 4.78 is 23.3. The lowest BCUT2D eigenvalue weighted by Gasteiger charge is -2.28. The van der Waals surface area contributed by atoms with E-state index < -0.39 is 9.84 Å². The Morgan fingerprint density at radius 2 is 1.82 bits per heavy atom. The van der Waals surface area contributed by atoms with Gasteiger partial charge in [-0.2, -0.15) is 0 Å². The number of nitrogens with one attached hydrogen (secondary N) is 1. The van der Waals surface area contributed by atoms with Crippen LogP contribution in [-0.4, -0.2) is 50.9 Å². The molecule has 1 N–H and O–H groups in total. The molecule has 1 heterocycles. The largest absolute Gasteiger partial charge is 0.342 e. The number of amides is 1. The van der Waals surface area contributed by atoms with E-state index in [1.807, 2.05) is 35.2 Å². The van der Waals surface area contributed by atoms with Crippen molar-refractivity contribution in [2.75, 3.05) is 31.6 Å². The Kier molecular flexibility index (Phi) is 5.97. The molecule has 5 nitrogen and oxygen atoms in total.